The monoisotopic (exact) mass is 292 g/mol. The summed E-state index contributed by atoms with van der Waals surface area (Å²) in [6.07, 6.45) is -1.39. The second-order valence-corrected chi connectivity index (χ2v) is 4.93. The van der Waals surface area contributed by atoms with Crippen molar-refractivity contribution in [2.75, 3.05) is 7.11 Å². The van der Waals surface area contributed by atoms with E-state index in [4.69, 9.17) is 9.47 Å². The number of methoxy groups -OCH3 is 1. The molecule has 0 radical (unpaired) electrons. The van der Waals surface area contributed by atoms with Gasteiger partial charge < -0.3 is 14.6 Å². The first-order chi connectivity index (χ1) is 10.1. The van der Waals surface area contributed by atoms with Crippen LogP contribution in [0.2, 0.25) is 0 Å². The van der Waals surface area contributed by atoms with Gasteiger partial charge in [0.15, 0.2) is 0 Å². The topological polar surface area (TPSA) is 38.7 Å². The number of aliphatic hydroxyl groups excluding tert-OH is 1. The van der Waals surface area contributed by atoms with Crippen LogP contribution in [0.3, 0.4) is 0 Å². The van der Waals surface area contributed by atoms with E-state index in [-0.39, 0.29) is 12.0 Å². The molecule has 2 atom stereocenters. The molecule has 1 N–H and O–H groups in total. The zero-order chi connectivity index (χ0) is 15.0. The van der Waals surface area contributed by atoms with Crippen LogP contribution in [-0.4, -0.2) is 12.2 Å². The van der Waals surface area contributed by atoms with E-state index in [9.17, 15) is 13.9 Å². The predicted octanol–water partition coefficient (Wildman–Crippen LogP) is 3.53. The van der Waals surface area contributed by atoms with Crippen LogP contribution in [0.1, 0.15) is 29.8 Å². The summed E-state index contributed by atoms with van der Waals surface area (Å²) < 4.78 is 37.9. The molecule has 0 saturated carbocycles. The van der Waals surface area contributed by atoms with Gasteiger partial charge in [0.1, 0.15) is 29.2 Å². The zero-order valence-corrected chi connectivity index (χ0v) is 11.3. The second-order valence-electron chi connectivity index (χ2n) is 4.93. The molecule has 0 bridgehead atoms. The van der Waals surface area contributed by atoms with Crippen LogP contribution >= 0.6 is 0 Å². The number of aliphatic hydroxyl groups is 1. The Morgan fingerprint density at radius 2 is 1.95 bits per heavy atom. The predicted molar refractivity (Wildman–Crippen MR) is 72.3 cm³/mol. The minimum Gasteiger partial charge on any atom is -0.497 e. The van der Waals surface area contributed by atoms with Crippen molar-refractivity contribution in [3.63, 3.8) is 0 Å². The number of hydrogen-bond donors (Lipinski definition) is 1. The third-order valence-electron chi connectivity index (χ3n) is 3.59. The van der Waals surface area contributed by atoms with Gasteiger partial charge in [0.2, 0.25) is 0 Å². The minimum atomic E-state index is -0.823. The van der Waals surface area contributed by atoms with E-state index in [1.807, 2.05) is 0 Å². The lowest BCUT2D eigenvalue weighted by atomic mass is 9.94. The smallest absolute Gasteiger partial charge is 0.130 e. The molecule has 0 aromatic heterocycles. The Labute approximate surface area is 120 Å². The van der Waals surface area contributed by atoms with Crippen molar-refractivity contribution in [2.45, 2.75) is 18.6 Å². The first-order valence-electron chi connectivity index (χ1n) is 6.56. The summed E-state index contributed by atoms with van der Waals surface area (Å²) in [6, 6.07) is 8.23. The lowest BCUT2D eigenvalue weighted by Crippen LogP contribution is -2.20. The van der Waals surface area contributed by atoms with Gasteiger partial charge in [0, 0.05) is 17.5 Å². The Bertz CT molecular complexity index is 673. The third-order valence-corrected chi connectivity index (χ3v) is 3.59. The van der Waals surface area contributed by atoms with Gasteiger partial charge in [-0.25, -0.2) is 8.78 Å². The lowest BCUT2D eigenvalue weighted by Gasteiger charge is -2.30. The van der Waals surface area contributed by atoms with Crippen LogP contribution in [0.15, 0.2) is 36.4 Å². The molecule has 110 valence electrons. The molecule has 2 unspecified atom stereocenters. The van der Waals surface area contributed by atoms with Crippen molar-refractivity contribution in [2.24, 2.45) is 0 Å². The quantitative estimate of drug-likeness (QED) is 0.920. The van der Waals surface area contributed by atoms with Crippen LogP contribution in [0.5, 0.6) is 11.5 Å². The van der Waals surface area contributed by atoms with Crippen molar-refractivity contribution in [1.82, 2.24) is 0 Å². The molecule has 5 heteroatoms. The number of hydrogen-bond acceptors (Lipinski definition) is 3. The fourth-order valence-corrected chi connectivity index (χ4v) is 2.50. The summed E-state index contributed by atoms with van der Waals surface area (Å²) in [4.78, 5) is 0. The van der Waals surface area contributed by atoms with Crippen molar-refractivity contribution in [1.29, 1.82) is 0 Å². The van der Waals surface area contributed by atoms with E-state index in [0.29, 0.717) is 17.1 Å². The molecule has 1 aliphatic rings. The van der Waals surface area contributed by atoms with Gasteiger partial charge >= 0.3 is 0 Å². The average Bonchev–Trinajstić information content (AvgIpc) is 2.49. The van der Waals surface area contributed by atoms with Crippen LogP contribution < -0.4 is 9.47 Å². The van der Waals surface area contributed by atoms with Gasteiger partial charge in [-0.2, -0.15) is 0 Å². The first kappa shape index (κ1) is 13.8. The SMILES string of the molecule is COc1ccc2c(c1)C(O)CC(c1cc(F)ccc1F)O2. The highest BCUT2D eigenvalue weighted by atomic mass is 19.1. The molecule has 0 aliphatic carbocycles. The van der Waals surface area contributed by atoms with Gasteiger partial charge in [-0.15, -0.1) is 0 Å². The Hall–Kier alpha value is -2.14. The molecular weight excluding hydrogens is 278 g/mol. The maximum atomic E-state index is 13.8. The maximum Gasteiger partial charge on any atom is 0.130 e. The molecule has 2 aromatic rings. The number of rotatable bonds is 2. The third kappa shape index (κ3) is 2.56. The van der Waals surface area contributed by atoms with E-state index in [1.54, 1.807) is 18.2 Å². The summed E-state index contributed by atoms with van der Waals surface area (Å²) >= 11 is 0. The maximum absolute atomic E-state index is 13.8. The number of ether oxygens (including phenoxy) is 2. The highest BCUT2D eigenvalue weighted by molar-refractivity contribution is 5.43. The van der Waals surface area contributed by atoms with Gasteiger partial charge in [-0.1, -0.05) is 0 Å². The standard InChI is InChI=1S/C16H14F2O3/c1-20-10-3-5-15-12(7-10)14(19)8-16(21-15)11-6-9(17)2-4-13(11)18/h2-7,14,16,19H,8H2,1H3. The Kier molecular flexibility index (Phi) is 3.51. The van der Waals surface area contributed by atoms with E-state index in [1.165, 1.54) is 7.11 Å². The van der Waals surface area contributed by atoms with Gasteiger partial charge in [0.25, 0.3) is 0 Å². The van der Waals surface area contributed by atoms with Gasteiger partial charge in [0.05, 0.1) is 13.2 Å². The second kappa shape index (κ2) is 5.33. The zero-order valence-electron chi connectivity index (χ0n) is 11.3. The molecule has 3 nitrogen and oxygen atoms in total. The van der Waals surface area contributed by atoms with Crippen molar-refractivity contribution in [3.05, 3.63) is 59.2 Å². The van der Waals surface area contributed by atoms with Crippen molar-refractivity contribution < 1.29 is 23.4 Å². The molecule has 0 amide bonds. The summed E-state index contributed by atoms with van der Waals surface area (Å²) in [5.41, 5.74) is 0.693. The molecule has 3 rings (SSSR count). The highest BCUT2D eigenvalue weighted by Crippen LogP contribution is 2.42. The molecule has 21 heavy (non-hydrogen) atoms. The minimum absolute atomic E-state index is 0.107. The normalized spacial score (nSPS) is 20.6. The van der Waals surface area contributed by atoms with Gasteiger partial charge in [-0.05, 0) is 36.4 Å². The Morgan fingerprint density at radius 1 is 1.14 bits per heavy atom. The van der Waals surface area contributed by atoms with E-state index in [0.717, 1.165) is 18.2 Å². The van der Waals surface area contributed by atoms with E-state index >= 15 is 0 Å². The Balaban J connectivity index is 1.96. The molecule has 0 fully saturated rings. The Morgan fingerprint density at radius 3 is 2.71 bits per heavy atom. The summed E-state index contributed by atoms with van der Waals surface area (Å²) in [7, 11) is 1.53. The van der Waals surface area contributed by atoms with E-state index < -0.39 is 23.8 Å². The average molecular weight is 292 g/mol. The fourth-order valence-electron chi connectivity index (χ4n) is 2.50. The molecule has 0 saturated heterocycles. The summed E-state index contributed by atoms with van der Waals surface area (Å²) in [5, 5.41) is 10.2. The number of benzene rings is 2. The molecule has 1 aliphatic heterocycles. The number of halogens is 2. The van der Waals surface area contributed by atoms with Crippen molar-refractivity contribution in [3.8, 4) is 11.5 Å². The first-order valence-corrected chi connectivity index (χ1v) is 6.56. The van der Waals surface area contributed by atoms with Crippen LogP contribution in [0.25, 0.3) is 0 Å². The van der Waals surface area contributed by atoms with Crippen LogP contribution in [0, 0.1) is 11.6 Å². The van der Waals surface area contributed by atoms with Crippen LogP contribution in [0.4, 0.5) is 8.78 Å². The highest BCUT2D eigenvalue weighted by Gasteiger charge is 2.30. The van der Waals surface area contributed by atoms with E-state index in [2.05, 4.69) is 0 Å². The molecule has 1 heterocycles. The molecule has 2 aromatic carbocycles. The summed E-state index contributed by atoms with van der Waals surface area (Å²) in [6.45, 7) is 0. The summed E-state index contributed by atoms with van der Waals surface area (Å²) in [5.74, 6) is -0.0365. The fraction of sp³-hybridized carbons (Fsp3) is 0.250. The van der Waals surface area contributed by atoms with Crippen LogP contribution in [-0.2, 0) is 0 Å². The van der Waals surface area contributed by atoms with Crippen molar-refractivity contribution >= 4 is 0 Å². The molecular formula is C16H14F2O3. The largest absolute Gasteiger partial charge is 0.497 e. The number of fused-ring (bicyclic) bond motifs is 1. The molecule has 0 spiro atoms. The van der Waals surface area contributed by atoms with Gasteiger partial charge in [-0.3, -0.25) is 0 Å². The lowest BCUT2D eigenvalue weighted by molar-refractivity contribution is 0.0636.